The first-order chi connectivity index (χ1) is 8.72. The standard InChI is InChI=1S/C14H10Cl2N2/c15-12-6-3-7-13(16)14(12)18-9-11-5-2-1-4-10(11)8-17/h1-7,18H,9H2. The molecule has 1 N–H and O–H groups in total. The van der Waals surface area contributed by atoms with Crippen molar-refractivity contribution >= 4 is 28.9 Å². The van der Waals surface area contributed by atoms with Crippen molar-refractivity contribution in [3.63, 3.8) is 0 Å². The van der Waals surface area contributed by atoms with Gasteiger partial charge in [0.25, 0.3) is 0 Å². The minimum absolute atomic E-state index is 0.507. The van der Waals surface area contributed by atoms with Gasteiger partial charge >= 0.3 is 0 Å². The minimum atomic E-state index is 0.507. The van der Waals surface area contributed by atoms with E-state index in [1.54, 1.807) is 24.3 Å². The molecule has 0 fully saturated rings. The highest BCUT2D eigenvalue weighted by molar-refractivity contribution is 6.39. The summed E-state index contributed by atoms with van der Waals surface area (Å²) in [6.45, 7) is 0.507. The summed E-state index contributed by atoms with van der Waals surface area (Å²) in [5.74, 6) is 0. The fourth-order valence-electron chi connectivity index (χ4n) is 1.63. The summed E-state index contributed by atoms with van der Waals surface area (Å²) in [4.78, 5) is 0. The van der Waals surface area contributed by atoms with Gasteiger partial charge in [-0.15, -0.1) is 0 Å². The van der Waals surface area contributed by atoms with Crippen molar-refractivity contribution in [3.05, 3.63) is 63.6 Å². The molecule has 18 heavy (non-hydrogen) atoms. The van der Waals surface area contributed by atoms with Gasteiger partial charge in [0.05, 0.1) is 27.4 Å². The third-order valence-electron chi connectivity index (χ3n) is 2.56. The number of hydrogen-bond donors (Lipinski definition) is 1. The van der Waals surface area contributed by atoms with Crippen LogP contribution < -0.4 is 5.32 Å². The second-order valence-electron chi connectivity index (χ2n) is 3.72. The number of rotatable bonds is 3. The SMILES string of the molecule is N#Cc1ccccc1CNc1c(Cl)cccc1Cl. The summed E-state index contributed by atoms with van der Waals surface area (Å²) in [6.07, 6.45) is 0. The molecular formula is C14H10Cl2N2. The maximum absolute atomic E-state index is 8.99. The average Bonchev–Trinajstić information content (AvgIpc) is 2.38. The van der Waals surface area contributed by atoms with E-state index in [1.165, 1.54) is 0 Å². The van der Waals surface area contributed by atoms with Crippen LogP contribution >= 0.6 is 23.2 Å². The molecule has 0 radical (unpaired) electrons. The van der Waals surface area contributed by atoms with Gasteiger partial charge in [-0.1, -0.05) is 47.5 Å². The van der Waals surface area contributed by atoms with Crippen molar-refractivity contribution < 1.29 is 0 Å². The summed E-state index contributed by atoms with van der Waals surface area (Å²) >= 11 is 12.1. The van der Waals surface area contributed by atoms with E-state index in [9.17, 15) is 0 Å². The Morgan fingerprint density at radius 2 is 1.67 bits per heavy atom. The summed E-state index contributed by atoms with van der Waals surface area (Å²) < 4.78 is 0. The summed E-state index contributed by atoms with van der Waals surface area (Å²) in [5, 5.41) is 13.3. The Bertz CT molecular complexity index is 583. The van der Waals surface area contributed by atoms with E-state index in [-0.39, 0.29) is 0 Å². The number of hydrogen-bond acceptors (Lipinski definition) is 2. The molecule has 2 rings (SSSR count). The Balaban J connectivity index is 2.20. The number of nitrogens with zero attached hydrogens (tertiary/aromatic N) is 1. The zero-order valence-electron chi connectivity index (χ0n) is 9.45. The molecule has 0 heterocycles. The Morgan fingerprint density at radius 3 is 2.33 bits per heavy atom. The van der Waals surface area contributed by atoms with Gasteiger partial charge < -0.3 is 5.32 Å². The second-order valence-corrected chi connectivity index (χ2v) is 4.53. The first-order valence-corrected chi connectivity index (χ1v) is 6.14. The lowest BCUT2D eigenvalue weighted by Crippen LogP contribution is -2.02. The molecule has 0 atom stereocenters. The van der Waals surface area contributed by atoms with Crippen molar-refractivity contribution in [2.45, 2.75) is 6.54 Å². The maximum atomic E-state index is 8.99. The molecule has 0 spiro atoms. The van der Waals surface area contributed by atoms with Crippen LogP contribution in [0.5, 0.6) is 0 Å². The Hall–Kier alpha value is -1.69. The molecule has 0 aromatic heterocycles. The van der Waals surface area contributed by atoms with E-state index < -0.39 is 0 Å². The zero-order valence-corrected chi connectivity index (χ0v) is 11.0. The Kier molecular flexibility index (Phi) is 4.09. The van der Waals surface area contributed by atoms with Crippen molar-refractivity contribution in [2.24, 2.45) is 0 Å². The van der Waals surface area contributed by atoms with Gasteiger partial charge in [0.2, 0.25) is 0 Å². The molecule has 2 aromatic carbocycles. The summed E-state index contributed by atoms with van der Waals surface area (Å²) in [7, 11) is 0. The van der Waals surface area contributed by atoms with E-state index in [0.29, 0.717) is 27.8 Å². The predicted molar refractivity (Wildman–Crippen MR) is 74.9 cm³/mol. The lowest BCUT2D eigenvalue weighted by atomic mass is 10.1. The fourth-order valence-corrected chi connectivity index (χ4v) is 2.16. The van der Waals surface area contributed by atoms with E-state index in [1.807, 2.05) is 18.2 Å². The van der Waals surface area contributed by atoms with Crippen LogP contribution in [0.4, 0.5) is 5.69 Å². The number of para-hydroxylation sites is 1. The third kappa shape index (κ3) is 2.76. The van der Waals surface area contributed by atoms with Gasteiger partial charge in [0.1, 0.15) is 0 Å². The molecule has 0 bridgehead atoms. The lowest BCUT2D eigenvalue weighted by Gasteiger charge is -2.11. The predicted octanol–water partition coefficient (Wildman–Crippen LogP) is 4.48. The monoisotopic (exact) mass is 276 g/mol. The van der Waals surface area contributed by atoms with Gasteiger partial charge in [-0.25, -0.2) is 0 Å². The normalized spacial score (nSPS) is 9.83. The molecule has 90 valence electrons. The fraction of sp³-hybridized carbons (Fsp3) is 0.0714. The van der Waals surface area contributed by atoms with Crippen LogP contribution in [-0.2, 0) is 6.54 Å². The number of nitrogens with one attached hydrogen (secondary N) is 1. The van der Waals surface area contributed by atoms with Crippen molar-refractivity contribution in [1.29, 1.82) is 5.26 Å². The van der Waals surface area contributed by atoms with Crippen LogP contribution in [0.1, 0.15) is 11.1 Å². The van der Waals surface area contributed by atoms with E-state index in [0.717, 1.165) is 5.56 Å². The van der Waals surface area contributed by atoms with Gasteiger partial charge in [-0.05, 0) is 23.8 Å². The number of nitriles is 1. The summed E-state index contributed by atoms with van der Waals surface area (Å²) in [6, 6.07) is 14.9. The van der Waals surface area contributed by atoms with E-state index >= 15 is 0 Å². The molecule has 0 aliphatic rings. The van der Waals surface area contributed by atoms with Gasteiger partial charge in [0.15, 0.2) is 0 Å². The van der Waals surface area contributed by atoms with Crippen LogP contribution in [0, 0.1) is 11.3 Å². The topological polar surface area (TPSA) is 35.8 Å². The minimum Gasteiger partial charge on any atom is -0.379 e. The molecular weight excluding hydrogens is 267 g/mol. The van der Waals surface area contributed by atoms with E-state index in [4.69, 9.17) is 28.5 Å². The highest BCUT2D eigenvalue weighted by Crippen LogP contribution is 2.30. The van der Waals surface area contributed by atoms with Gasteiger partial charge in [0, 0.05) is 6.54 Å². The van der Waals surface area contributed by atoms with Gasteiger partial charge in [-0.3, -0.25) is 0 Å². The second kappa shape index (κ2) is 5.77. The summed E-state index contributed by atoms with van der Waals surface area (Å²) in [5.41, 5.74) is 2.25. The molecule has 0 unspecified atom stereocenters. The highest BCUT2D eigenvalue weighted by atomic mass is 35.5. The quantitative estimate of drug-likeness (QED) is 0.898. The van der Waals surface area contributed by atoms with Crippen LogP contribution in [-0.4, -0.2) is 0 Å². The highest BCUT2D eigenvalue weighted by Gasteiger charge is 2.06. The van der Waals surface area contributed by atoms with Crippen LogP contribution in [0.25, 0.3) is 0 Å². The molecule has 0 aliphatic heterocycles. The van der Waals surface area contributed by atoms with Crippen LogP contribution in [0.2, 0.25) is 10.0 Å². The lowest BCUT2D eigenvalue weighted by molar-refractivity contribution is 1.14. The smallest absolute Gasteiger partial charge is 0.0995 e. The third-order valence-corrected chi connectivity index (χ3v) is 3.19. The molecule has 0 amide bonds. The van der Waals surface area contributed by atoms with Crippen molar-refractivity contribution in [2.75, 3.05) is 5.32 Å². The van der Waals surface area contributed by atoms with Crippen molar-refractivity contribution in [3.8, 4) is 6.07 Å². The molecule has 2 nitrogen and oxygen atoms in total. The Morgan fingerprint density at radius 1 is 1.00 bits per heavy atom. The van der Waals surface area contributed by atoms with Crippen LogP contribution in [0.3, 0.4) is 0 Å². The number of halogens is 2. The van der Waals surface area contributed by atoms with Gasteiger partial charge in [-0.2, -0.15) is 5.26 Å². The van der Waals surface area contributed by atoms with Crippen LogP contribution in [0.15, 0.2) is 42.5 Å². The largest absolute Gasteiger partial charge is 0.379 e. The number of anilines is 1. The Labute approximate surface area is 116 Å². The zero-order chi connectivity index (χ0) is 13.0. The molecule has 2 aromatic rings. The van der Waals surface area contributed by atoms with E-state index in [2.05, 4.69) is 11.4 Å². The van der Waals surface area contributed by atoms with Crippen molar-refractivity contribution in [1.82, 2.24) is 0 Å². The number of benzene rings is 2. The molecule has 0 saturated heterocycles. The first kappa shape index (κ1) is 12.8. The molecule has 0 saturated carbocycles. The molecule has 4 heteroatoms. The molecule has 0 aliphatic carbocycles. The first-order valence-electron chi connectivity index (χ1n) is 5.38. The maximum Gasteiger partial charge on any atom is 0.0995 e. The average molecular weight is 277 g/mol.